The van der Waals surface area contributed by atoms with Gasteiger partial charge in [-0.3, -0.25) is 9.59 Å². The van der Waals surface area contributed by atoms with Crippen molar-refractivity contribution < 1.29 is 9.59 Å². The Morgan fingerprint density at radius 3 is 3.00 bits per heavy atom. The van der Waals surface area contributed by atoms with E-state index in [0.717, 1.165) is 25.8 Å². The highest BCUT2D eigenvalue weighted by Crippen LogP contribution is 2.02. The summed E-state index contributed by atoms with van der Waals surface area (Å²) in [6, 6.07) is -0.00602. The van der Waals surface area contributed by atoms with Crippen LogP contribution in [0, 0.1) is 0 Å². The fourth-order valence-electron chi connectivity index (χ4n) is 2.22. The van der Waals surface area contributed by atoms with Crippen molar-refractivity contribution >= 4 is 11.8 Å². The Hall–Kier alpha value is -1.10. The molecule has 2 N–H and O–H groups in total. The van der Waals surface area contributed by atoms with Gasteiger partial charge in [0, 0.05) is 12.6 Å². The number of amides is 2. The Balaban J connectivity index is 2.44. The van der Waals surface area contributed by atoms with Gasteiger partial charge in [-0.2, -0.15) is 0 Å². The minimum atomic E-state index is -0.187. The molecule has 0 aromatic carbocycles. The minimum Gasteiger partial charge on any atom is -0.352 e. The topological polar surface area (TPSA) is 61.4 Å². The van der Waals surface area contributed by atoms with Gasteiger partial charge in [0.05, 0.1) is 12.6 Å². The third-order valence-electron chi connectivity index (χ3n) is 3.20. The first-order valence-electron chi connectivity index (χ1n) is 6.86. The lowest BCUT2D eigenvalue weighted by molar-refractivity contribution is -0.136. The summed E-state index contributed by atoms with van der Waals surface area (Å²) in [6.07, 6.45) is 2.91. The molecule has 0 bridgehead atoms. The molecule has 0 radical (unpaired) electrons. The zero-order valence-electron chi connectivity index (χ0n) is 11.7. The maximum Gasteiger partial charge on any atom is 0.239 e. The molecule has 0 aromatic rings. The van der Waals surface area contributed by atoms with Crippen LogP contribution in [0.1, 0.15) is 40.0 Å². The van der Waals surface area contributed by atoms with Crippen molar-refractivity contribution in [1.29, 1.82) is 0 Å². The summed E-state index contributed by atoms with van der Waals surface area (Å²) < 4.78 is 0. The molecule has 0 aromatic heterocycles. The van der Waals surface area contributed by atoms with Gasteiger partial charge in [-0.25, -0.2) is 0 Å². The maximum absolute atomic E-state index is 12.0. The summed E-state index contributed by atoms with van der Waals surface area (Å²) >= 11 is 0. The zero-order chi connectivity index (χ0) is 13.5. The summed E-state index contributed by atoms with van der Waals surface area (Å²) in [6.45, 7) is 7.60. The summed E-state index contributed by atoms with van der Waals surface area (Å²) in [4.78, 5) is 25.5. The van der Waals surface area contributed by atoms with Crippen LogP contribution >= 0.6 is 0 Å². The van der Waals surface area contributed by atoms with E-state index in [1.165, 1.54) is 0 Å². The Bertz CT molecular complexity index is 294. The van der Waals surface area contributed by atoms with Crippen LogP contribution in [0.15, 0.2) is 0 Å². The first kappa shape index (κ1) is 15.0. The summed E-state index contributed by atoms with van der Waals surface area (Å²) in [5.74, 6) is -0.0378. The highest BCUT2D eigenvalue weighted by molar-refractivity contribution is 5.87. The van der Waals surface area contributed by atoms with Gasteiger partial charge >= 0.3 is 0 Å². The van der Waals surface area contributed by atoms with Gasteiger partial charge in [-0.15, -0.1) is 0 Å². The van der Waals surface area contributed by atoms with Crippen molar-refractivity contribution in [3.8, 4) is 0 Å². The first-order valence-corrected chi connectivity index (χ1v) is 6.86. The molecule has 0 spiro atoms. The number of carbonyl (C=O) groups excluding carboxylic acids is 2. The van der Waals surface area contributed by atoms with Gasteiger partial charge in [-0.1, -0.05) is 13.3 Å². The number of nitrogens with one attached hydrogen (secondary N) is 2. The smallest absolute Gasteiger partial charge is 0.239 e. The van der Waals surface area contributed by atoms with Crippen LogP contribution in [-0.4, -0.2) is 48.4 Å². The molecule has 5 heteroatoms. The lowest BCUT2D eigenvalue weighted by atomic mass is 10.2. The van der Waals surface area contributed by atoms with E-state index in [1.807, 2.05) is 13.8 Å². The van der Waals surface area contributed by atoms with Gasteiger partial charge in [0.25, 0.3) is 0 Å². The predicted molar refractivity (Wildman–Crippen MR) is 71.2 cm³/mol. The van der Waals surface area contributed by atoms with Crippen LogP contribution in [0.3, 0.4) is 0 Å². The van der Waals surface area contributed by atoms with Crippen molar-refractivity contribution in [3.63, 3.8) is 0 Å². The Morgan fingerprint density at radius 2 is 2.33 bits per heavy atom. The molecule has 0 aliphatic carbocycles. The third kappa shape index (κ3) is 4.64. The van der Waals surface area contributed by atoms with Gasteiger partial charge in [-0.05, 0) is 33.2 Å². The van der Waals surface area contributed by atoms with Crippen LogP contribution in [-0.2, 0) is 9.59 Å². The molecule has 0 saturated carbocycles. The second kappa shape index (κ2) is 7.36. The SMILES string of the molecule is CCCC(C)NC(=O)CN1CCCNC(C)C1=O. The van der Waals surface area contributed by atoms with Crippen LogP contribution in [0.5, 0.6) is 0 Å². The van der Waals surface area contributed by atoms with Crippen LogP contribution in [0.25, 0.3) is 0 Å². The lowest BCUT2D eigenvalue weighted by Gasteiger charge is -2.23. The highest BCUT2D eigenvalue weighted by Gasteiger charge is 2.24. The van der Waals surface area contributed by atoms with E-state index >= 15 is 0 Å². The molecule has 1 saturated heterocycles. The van der Waals surface area contributed by atoms with E-state index in [0.29, 0.717) is 6.54 Å². The molecule has 1 heterocycles. The van der Waals surface area contributed by atoms with E-state index < -0.39 is 0 Å². The van der Waals surface area contributed by atoms with Crippen LogP contribution in [0.4, 0.5) is 0 Å². The lowest BCUT2D eigenvalue weighted by Crippen LogP contribution is -2.47. The first-order chi connectivity index (χ1) is 8.54. The summed E-state index contributed by atoms with van der Waals surface area (Å²) in [5.41, 5.74) is 0. The molecule has 1 rings (SSSR count). The average Bonchev–Trinajstić information content (AvgIpc) is 2.45. The van der Waals surface area contributed by atoms with Crippen LogP contribution < -0.4 is 10.6 Å². The molecule has 1 aliphatic heterocycles. The second-order valence-corrected chi connectivity index (χ2v) is 5.05. The van der Waals surface area contributed by atoms with Gasteiger partial charge < -0.3 is 15.5 Å². The van der Waals surface area contributed by atoms with E-state index in [9.17, 15) is 9.59 Å². The fourth-order valence-corrected chi connectivity index (χ4v) is 2.22. The standard InChI is InChI=1S/C13H25N3O2/c1-4-6-10(2)15-12(17)9-16-8-5-7-14-11(3)13(16)18/h10-11,14H,4-9H2,1-3H3,(H,15,17). The molecule has 2 atom stereocenters. The van der Waals surface area contributed by atoms with Crippen molar-refractivity contribution in [2.24, 2.45) is 0 Å². The van der Waals surface area contributed by atoms with Gasteiger partial charge in [0.2, 0.25) is 11.8 Å². The maximum atomic E-state index is 12.0. The molecule has 1 fully saturated rings. The number of hydrogen-bond donors (Lipinski definition) is 2. The summed E-state index contributed by atoms with van der Waals surface area (Å²) in [7, 11) is 0. The number of carbonyl (C=O) groups is 2. The molecular weight excluding hydrogens is 230 g/mol. The fraction of sp³-hybridized carbons (Fsp3) is 0.846. The van der Waals surface area contributed by atoms with E-state index in [-0.39, 0.29) is 30.4 Å². The quantitative estimate of drug-likeness (QED) is 0.752. The Labute approximate surface area is 109 Å². The van der Waals surface area contributed by atoms with E-state index in [4.69, 9.17) is 0 Å². The van der Waals surface area contributed by atoms with Crippen LogP contribution in [0.2, 0.25) is 0 Å². The normalized spacial score (nSPS) is 22.5. The monoisotopic (exact) mass is 255 g/mol. The van der Waals surface area contributed by atoms with Crippen molar-refractivity contribution in [3.05, 3.63) is 0 Å². The largest absolute Gasteiger partial charge is 0.352 e. The zero-order valence-corrected chi connectivity index (χ0v) is 11.7. The van der Waals surface area contributed by atoms with Crippen molar-refractivity contribution in [2.45, 2.75) is 52.1 Å². The number of nitrogens with zero attached hydrogens (tertiary/aromatic N) is 1. The van der Waals surface area contributed by atoms with E-state index in [2.05, 4.69) is 17.6 Å². The Morgan fingerprint density at radius 1 is 1.61 bits per heavy atom. The molecule has 5 nitrogen and oxygen atoms in total. The molecule has 104 valence electrons. The van der Waals surface area contributed by atoms with Gasteiger partial charge in [0.15, 0.2) is 0 Å². The highest BCUT2D eigenvalue weighted by atomic mass is 16.2. The molecule has 1 aliphatic rings. The van der Waals surface area contributed by atoms with Crippen molar-refractivity contribution in [2.75, 3.05) is 19.6 Å². The van der Waals surface area contributed by atoms with Crippen molar-refractivity contribution in [1.82, 2.24) is 15.5 Å². The molecule has 2 amide bonds. The van der Waals surface area contributed by atoms with Gasteiger partial charge in [0.1, 0.15) is 0 Å². The summed E-state index contributed by atoms with van der Waals surface area (Å²) in [5, 5.41) is 6.07. The number of hydrogen-bond acceptors (Lipinski definition) is 3. The molecule has 18 heavy (non-hydrogen) atoms. The minimum absolute atomic E-state index is 0.0193. The molecule has 2 unspecified atom stereocenters. The third-order valence-corrected chi connectivity index (χ3v) is 3.20. The van der Waals surface area contributed by atoms with E-state index in [1.54, 1.807) is 4.90 Å². The average molecular weight is 255 g/mol. The Kier molecular flexibility index (Phi) is 6.12. The second-order valence-electron chi connectivity index (χ2n) is 5.05. The predicted octanol–water partition coefficient (Wildman–Crippen LogP) is 0.502. The number of rotatable bonds is 5. The molecular formula is C13H25N3O2.